The SMILES string of the molecule is CC(Cc1cc(O)cc(O)c1C(=O)OC(C)CC(=O)O)OC(=O)CC(C)OC(=O)c1c(O)cc(O)cc1CC(C)OC(=O)CC(O)CO. The van der Waals surface area contributed by atoms with Gasteiger partial charge in [0.15, 0.2) is 0 Å². The number of phenolic OH excluding ortho intramolecular Hbond substituents is 4. The molecule has 2 rings (SSSR count). The Bertz CT molecular complexity index is 1480. The van der Waals surface area contributed by atoms with E-state index in [0.29, 0.717) is 0 Å². The molecule has 0 saturated carbocycles. The largest absolute Gasteiger partial charge is 0.508 e. The van der Waals surface area contributed by atoms with Crippen LogP contribution >= 0.6 is 0 Å². The van der Waals surface area contributed by atoms with Crippen LogP contribution < -0.4 is 0 Å². The molecule has 48 heavy (non-hydrogen) atoms. The van der Waals surface area contributed by atoms with E-state index in [-0.39, 0.29) is 35.1 Å². The van der Waals surface area contributed by atoms with Gasteiger partial charge in [0, 0.05) is 25.0 Å². The summed E-state index contributed by atoms with van der Waals surface area (Å²) in [4.78, 5) is 61.3. The number of aliphatic hydroxyl groups excluding tert-OH is 2. The number of hydrogen-bond donors (Lipinski definition) is 7. The number of phenols is 4. The van der Waals surface area contributed by atoms with Gasteiger partial charge in [-0.1, -0.05) is 0 Å². The predicted molar refractivity (Wildman–Crippen MR) is 162 cm³/mol. The van der Waals surface area contributed by atoms with Crippen LogP contribution in [0.4, 0.5) is 0 Å². The fraction of sp³-hybridized carbons (Fsp3) is 0.469. The average Bonchev–Trinajstić information content (AvgIpc) is 2.90. The minimum atomic E-state index is -1.32. The van der Waals surface area contributed by atoms with Gasteiger partial charge in [-0.15, -0.1) is 0 Å². The van der Waals surface area contributed by atoms with Crippen molar-refractivity contribution in [3.63, 3.8) is 0 Å². The average molecular weight is 681 g/mol. The zero-order chi connectivity index (χ0) is 36.3. The minimum absolute atomic E-state index is 0.0413. The van der Waals surface area contributed by atoms with Gasteiger partial charge in [0.2, 0.25) is 0 Å². The molecule has 5 atom stereocenters. The van der Waals surface area contributed by atoms with Crippen LogP contribution in [-0.2, 0) is 46.2 Å². The minimum Gasteiger partial charge on any atom is -0.508 e. The third-order valence-corrected chi connectivity index (χ3v) is 6.60. The number of hydrogen-bond acceptors (Lipinski definition) is 15. The van der Waals surface area contributed by atoms with Crippen molar-refractivity contribution in [2.75, 3.05) is 6.61 Å². The van der Waals surface area contributed by atoms with E-state index in [9.17, 15) is 49.5 Å². The Morgan fingerprint density at radius 1 is 0.604 bits per heavy atom. The van der Waals surface area contributed by atoms with Gasteiger partial charge >= 0.3 is 29.8 Å². The van der Waals surface area contributed by atoms with Gasteiger partial charge in [-0.3, -0.25) is 14.4 Å². The maximum absolute atomic E-state index is 13.0. The van der Waals surface area contributed by atoms with Gasteiger partial charge in [-0.2, -0.15) is 0 Å². The highest BCUT2D eigenvalue weighted by molar-refractivity contribution is 5.95. The van der Waals surface area contributed by atoms with E-state index in [2.05, 4.69) is 0 Å². The molecule has 2 aromatic carbocycles. The maximum atomic E-state index is 13.0. The molecule has 0 aliphatic heterocycles. The van der Waals surface area contributed by atoms with Crippen LogP contribution in [0.1, 0.15) is 78.8 Å². The normalized spacial score (nSPS) is 14.1. The van der Waals surface area contributed by atoms with Crippen LogP contribution in [0, 0.1) is 0 Å². The molecule has 16 nitrogen and oxygen atoms in total. The van der Waals surface area contributed by atoms with Gasteiger partial charge in [0.1, 0.15) is 58.5 Å². The molecule has 0 bridgehead atoms. The first-order valence-corrected chi connectivity index (χ1v) is 14.8. The van der Waals surface area contributed by atoms with E-state index in [1.54, 1.807) is 0 Å². The van der Waals surface area contributed by atoms with Crippen LogP contribution in [0.5, 0.6) is 23.0 Å². The summed E-state index contributed by atoms with van der Waals surface area (Å²) in [7, 11) is 0. The number of esters is 4. The number of aliphatic carboxylic acids is 1. The highest BCUT2D eigenvalue weighted by Crippen LogP contribution is 2.31. The van der Waals surface area contributed by atoms with Crippen LogP contribution in [0.3, 0.4) is 0 Å². The van der Waals surface area contributed by atoms with Crippen LogP contribution in [0.25, 0.3) is 0 Å². The Balaban J connectivity index is 2.07. The van der Waals surface area contributed by atoms with Crippen molar-refractivity contribution in [3.8, 4) is 23.0 Å². The smallest absolute Gasteiger partial charge is 0.342 e. The second-order valence-electron chi connectivity index (χ2n) is 11.3. The number of carbonyl (C=O) groups excluding carboxylic acids is 4. The van der Waals surface area contributed by atoms with E-state index in [4.69, 9.17) is 29.2 Å². The molecule has 0 heterocycles. The number of benzene rings is 2. The number of carboxylic acid groups (broad SMARTS) is 1. The molecular weight excluding hydrogens is 640 g/mol. The van der Waals surface area contributed by atoms with Gasteiger partial charge in [0.05, 0.1) is 32.0 Å². The quantitative estimate of drug-likeness (QED) is 0.0928. The van der Waals surface area contributed by atoms with E-state index in [0.717, 1.165) is 24.3 Å². The molecule has 0 radical (unpaired) electrons. The van der Waals surface area contributed by atoms with Crippen molar-refractivity contribution < 1.29 is 78.7 Å². The number of carbonyl (C=O) groups is 5. The van der Waals surface area contributed by atoms with Gasteiger partial charge in [0.25, 0.3) is 0 Å². The third kappa shape index (κ3) is 12.3. The molecule has 0 spiro atoms. The van der Waals surface area contributed by atoms with E-state index in [1.165, 1.54) is 27.7 Å². The summed E-state index contributed by atoms with van der Waals surface area (Å²) in [5.41, 5.74) is -0.628. The lowest BCUT2D eigenvalue weighted by Gasteiger charge is -2.20. The Hall–Kier alpha value is -5.09. The number of aliphatic hydroxyl groups is 2. The second kappa shape index (κ2) is 17.7. The van der Waals surface area contributed by atoms with Crippen molar-refractivity contribution in [3.05, 3.63) is 46.5 Å². The lowest BCUT2D eigenvalue weighted by atomic mass is 10.00. The number of carboxylic acids is 1. The van der Waals surface area contributed by atoms with Crippen molar-refractivity contribution in [1.82, 2.24) is 0 Å². The topological polar surface area (TPSA) is 264 Å². The molecule has 0 saturated heterocycles. The molecule has 0 aliphatic carbocycles. The lowest BCUT2D eigenvalue weighted by molar-refractivity contribution is -0.151. The summed E-state index contributed by atoms with van der Waals surface area (Å²) < 4.78 is 20.9. The van der Waals surface area contributed by atoms with Gasteiger partial charge < -0.3 is 54.7 Å². The fourth-order valence-electron chi connectivity index (χ4n) is 4.68. The summed E-state index contributed by atoms with van der Waals surface area (Å²) in [6, 6.07) is 4.09. The summed E-state index contributed by atoms with van der Waals surface area (Å²) in [6.45, 7) is 4.98. The first-order valence-electron chi connectivity index (χ1n) is 14.8. The van der Waals surface area contributed by atoms with Crippen molar-refractivity contribution >= 4 is 29.8 Å². The molecule has 0 aliphatic rings. The summed E-state index contributed by atoms with van der Waals surface area (Å²) in [5, 5.41) is 67.9. The van der Waals surface area contributed by atoms with Gasteiger partial charge in [-0.05, 0) is 51.0 Å². The summed E-state index contributed by atoms with van der Waals surface area (Å²) >= 11 is 0. The van der Waals surface area contributed by atoms with E-state index in [1.807, 2.05) is 0 Å². The van der Waals surface area contributed by atoms with Crippen LogP contribution in [-0.4, -0.2) is 103 Å². The third-order valence-electron chi connectivity index (χ3n) is 6.60. The monoisotopic (exact) mass is 680 g/mol. The van der Waals surface area contributed by atoms with Crippen LogP contribution in [0.15, 0.2) is 24.3 Å². The standard InChI is InChI=1S/C32H40O16/c1-15(5-19-9-21(34)11-24(37)29(19)31(43)47-17(3)7-26(39)40)45-27(41)8-18(4)48-32(44)30-20(10-22(35)12-25(30)38)6-16(2)46-28(42)13-23(36)14-33/h9-12,15-18,23,33-38H,5-8,13-14H2,1-4H3,(H,39,40). The van der Waals surface area contributed by atoms with Crippen molar-refractivity contribution in [2.45, 2.75) is 90.3 Å². The van der Waals surface area contributed by atoms with Gasteiger partial charge in [-0.25, -0.2) is 9.59 Å². The molecule has 264 valence electrons. The van der Waals surface area contributed by atoms with Crippen molar-refractivity contribution in [1.29, 1.82) is 0 Å². The lowest BCUT2D eigenvalue weighted by Crippen LogP contribution is -2.26. The highest BCUT2D eigenvalue weighted by atomic mass is 16.6. The fourth-order valence-corrected chi connectivity index (χ4v) is 4.68. The Labute approximate surface area is 275 Å². The molecule has 2 aromatic rings. The predicted octanol–water partition coefficient (Wildman–Crippen LogP) is 1.86. The number of aromatic hydroxyl groups is 4. The van der Waals surface area contributed by atoms with E-state index < -0.39 is 109 Å². The Morgan fingerprint density at radius 2 is 1.00 bits per heavy atom. The first kappa shape index (κ1) is 39.1. The molecule has 0 fully saturated rings. The molecule has 0 aromatic heterocycles. The summed E-state index contributed by atoms with van der Waals surface area (Å²) in [5.74, 6) is -7.09. The van der Waals surface area contributed by atoms with Crippen LogP contribution in [0.2, 0.25) is 0 Å². The van der Waals surface area contributed by atoms with Crippen molar-refractivity contribution in [2.24, 2.45) is 0 Å². The molecule has 7 N–H and O–H groups in total. The summed E-state index contributed by atoms with van der Waals surface area (Å²) in [6.07, 6.45) is -7.08. The maximum Gasteiger partial charge on any atom is 0.342 e. The number of rotatable bonds is 17. The number of ether oxygens (including phenoxy) is 4. The highest BCUT2D eigenvalue weighted by Gasteiger charge is 2.27. The Morgan fingerprint density at radius 3 is 1.40 bits per heavy atom. The molecule has 0 amide bonds. The Kier molecular flexibility index (Phi) is 14.4. The van der Waals surface area contributed by atoms with E-state index >= 15 is 0 Å². The second-order valence-corrected chi connectivity index (χ2v) is 11.3. The molecular formula is C32H40O16. The molecule has 16 heteroatoms. The molecule has 5 unspecified atom stereocenters. The first-order chi connectivity index (χ1) is 22.4. The zero-order valence-corrected chi connectivity index (χ0v) is 26.7. The zero-order valence-electron chi connectivity index (χ0n) is 26.7.